The summed E-state index contributed by atoms with van der Waals surface area (Å²) in [4.78, 5) is 0. The molecule has 0 spiro atoms. The molecule has 5 aliphatic heterocycles. The molecular formula is C51H38N2O2. The predicted molar refractivity (Wildman–Crippen MR) is 226 cm³/mol. The zero-order chi connectivity index (χ0) is 36.0. The number of benzene rings is 8. The molecular weight excluding hydrogens is 673 g/mol. The summed E-state index contributed by atoms with van der Waals surface area (Å²) in [5, 5.41) is 10.2. The first-order valence-electron chi connectivity index (χ1n) is 19.5. The van der Waals surface area contributed by atoms with E-state index in [2.05, 4.69) is 155 Å². The Morgan fingerprint density at radius 1 is 0.327 bits per heavy atom. The Morgan fingerprint density at radius 3 is 1.04 bits per heavy atom. The number of nitrogens with zero attached hydrogens (tertiary/aromatic N) is 2. The fourth-order valence-electron chi connectivity index (χ4n) is 9.66. The molecule has 0 amide bonds. The Kier molecular flexibility index (Phi) is 6.89. The van der Waals surface area contributed by atoms with Gasteiger partial charge < -0.3 is 18.6 Å². The van der Waals surface area contributed by atoms with Gasteiger partial charge in [-0.1, -0.05) is 109 Å². The molecule has 15 rings (SSSR count). The highest BCUT2D eigenvalue weighted by atomic mass is 16.5. The zero-order valence-corrected chi connectivity index (χ0v) is 30.5. The fraction of sp³-hybridized carbons (Fsp3) is 0.137. The SMILES string of the molecule is c1ccc2c3ccc(c2c1)CCCc1ccc(c2ccccc12)-n1c2cc4ccc2c2ccc(cc21)COCc1ccc2c5ccc(cc5n-3c2c1)COC4. The first kappa shape index (κ1) is 31.2. The molecule has 0 N–H and O–H groups in total. The summed E-state index contributed by atoms with van der Waals surface area (Å²) in [6.45, 7) is 2.08. The van der Waals surface area contributed by atoms with Gasteiger partial charge in [0.25, 0.3) is 0 Å². The summed E-state index contributed by atoms with van der Waals surface area (Å²) >= 11 is 0. The molecule has 8 aromatic carbocycles. The lowest BCUT2D eigenvalue weighted by Gasteiger charge is -2.17. The number of aromatic nitrogens is 2. The first-order valence-corrected chi connectivity index (χ1v) is 19.5. The van der Waals surface area contributed by atoms with E-state index in [1.54, 1.807) is 0 Å². The second kappa shape index (κ2) is 12.2. The zero-order valence-electron chi connectivity index (χ0n) is 30.5. The van der Waals surface area contributed by atoms with Gasteiger partial charge in [0.2, 0.25) is 0 Å². The topological polar surface area (TPSA) is 28.3 Å². The van der Waals surface area contributed by atoms with Gasteiger partial charge in [-0.3, -0.25) is 0 Å². The van der Waals surface area contributed by atoms with Crippen LogP contribution in [0, 0.1) is 0 Å². The number of rotatable bonds is 0. The minimum Gasteiger partial charge on any atom is -0.372 e. The van der Waals surface area contributed by atoms with Crippen molar-refractivity contribution in [3.05, 3.63) is 179 Å². The van der Waals surface area contributed by atoms with Gasteiger partial charge in [0, 0.05) is 32.3 Å². The Bertz CT molecular complexity index is 2860. The smallest absolute Gasteiger partial charge is 0.0722 e. The highest BCUT2D eigenvalue weighted by Crippen LogP contribution is 2.39. The summed E-state index contributed by atoms with van der Waals surface area (Å²) < 4.78 is 18.1. The van der Waals surface area contributed by atoms with E-state index in [-0.39, 0.29) is 0 Å². The largest absolute Gasteiger partial charge is 0.372 e. The Morgan fingerprint density at radius 2 is 0.673 bits per heavy atom. The molecule has 10 aromatic rings. The van der Waals surface area contributed by atoms with Crippen molar-refractivity contribution in [1.82, 2.24) is 9.13 Å². The molecule has 0 saturated carbocycles. The normalized spacial score (nSPS) is 14.6. The first-order chi connectivity index (χ1) is 27.2. The van der Waals surface area contributed by atoms with E-state index < -0.39 is 0 Å². The van der Waals surface area contributed by atoms with Gasteiger partial charge in [0.15, 0.2) is 0 Å². The molecule has 0 saturated heterocycles. The summed E-state index contributed by atoms with van der Waals surface area (Å²) in [6, 6.07) is 54.8. The average molecular weight is 711 g/mol. The fourth-order valence-corrected chi connectivity index (χ4v) is 9.66. The monoisotopic (exact) mass is 710 g/mol. The maximum absolute atomic E-state index is 6.57. The lowest BCUT2D eigenvalue weighted by molar-refractivity contribution is 0.107. The number of fused-ring (bicyclic) bond motifs is 3. The van der Waals surface area contributed by atoms with Crippen LogP contribution in [0.1, 0.15) is 39.8 Å². The van der Waals surface area contributed by atoms with Gasteiger partial charge >= 0.3 is 0 Å². The summed E-state index contributed by atoms with van der Waals surface area (Å²) in [6.07, 6.45) is 3.08. The van der Waals surface area contributed by atoms with Crippen molar-refractivity contribution in [1.29, 1.82) is 0 Å². The van der Waals surface area contributed by atoms with Gasteiger partial charge in [0.05, 0.1) is 59.9 Å². The van der Waals surface area contributed by atoms with Gasteiger partial charge in [-0.15, -0.1) is 0 Å². The molecule has 14 bridgehead atoms. The Hall–Kier alpha value is -6.20. The van der Waals surface area contributed by atoms with Crippen LogP contribution in [-0.2, 0) is 48.7 Å². The summed E-state index contributed by atoms with van der Waals surface area (Å²) in [7, 11) is 0. The molecule has 4 nitrogen and oxygen atoms in total. The van der Waals surface area contributed by atoms with Gasteiger partial charge in [0.1, 0.15) is 0 Å². The van der Waals surface area contributed by atoms with Gasteiger partial charge in [-0.2, -0.15) is 0 Å². The van der Waals surface area contributed by atoms with E-state index in [9.17, 15) is 0 Å². The van der Waals surface area contributed by atoms with E-state index in [0.29, 0.717) is 26.4 Å². The number of hydrogen-bond donors (Lipinski definition) is 0. The van der Waals surface area contributed by atoms with Crippen LogP contribution < -0.4 is 0 Å². The third-order valence-corrected chi connectivity index (χ3v) is 12.2. The van der Waals surface area contributed by atoms with Crippen molar-refractivity contribution in [3.8, 4) is 11.4 Å². The van der Waals surface area contributed by atoms with Crippen LogP contribution in [0.25, 0.3) is 76.5 Å². The standard InChI is InChI=1S/C51H38N2O2/c1-3-10-40-38(8-1)36-6-5-7-37-17-23-47(41-11-4-2-9-39(37)41)53-50-26-34-14-20-44(50)45-21-15-35(27-51(45)53)31-55-29-33-13-19-43-42-18-12-32(28-54-30-34)24-48(42)52(49(43)25-33)46(40)22-16-36/h1-4,8-27H,5-7,28-31H2. The molecule has 5 aliphatic rings. The van der Waals surface area contributed by atoms with E-state index in [4.69, 9.17) is 9.47 Å². The van der Waals surface area contributed by atoms with Crippen molar-refractivity contribution >= 4 is 65.2 Å². The quantitative estimate of drug-likeness (QED) is 0.157. The maximum Gasteiger partial charge on any atom is 0.0722 e. The van der Waals surface area contributed by atoms with E-state index in [0.717, 1.165) is 41.5 Å². The molecule has 0 aliphatic carbocycles. The van der Waals surface area contributed by atoms with Crippen LogP contribution in [0.15, 0.2) is 146 Å². The number of aryl methyl sites for hydroxylation is 2. The predicted octanol–water partition coefficient (Wildman–Crippen LogP) is 12.4. The lowest BCUT2D eigenvalue weighted by atomic mass is 9.95. The van der Waals surface area contributed by atoms with Crippen LogP contribution in [0.3, 0.4) is 0 Å². The molecule has 0 radical (unpaired) electrons. The second-order valence-corrected chi connectivity index (χ2v) is 15.5. The van der Waals surface area contributed by atoms with Crippen molar-refractivity contribution < 1.29 is 9.47 Å². The molecule has 0 unspecified atom stereocenters. The Balaban J connectivity index is 1.16. The third-order valence-electron chi connectivity index (χ3n) is 12.2. The second-order valence-electron chi connectivity index (χ2n) is 15.5. The molecule has 55 heavy (non-hydrogen) atoms. The molecule has 0 fully saturated rings. The van der Waals surface area contributed by atoms with Crippen LogP contribution in [0.2, 0.25) is 0 Å². The highest BCUT2D eigenvalue weighted by Gasteiger charge is 2.20. The van der Waals surface area contributed by atoms with Crippen LogP contribution >= 0.6 is 0 Å². The summed E-state index contributed by atoms with van der Waals surface area (Å²) in [5.74, 6) is 0. The Labute approximate surface area is 318 Å². The number of hydrogen-bond acceptors (Lipinski definition) is 2. The minimum absolute atomic E-state index is 0.521. The van der Waals surface area contributed by atoms with Crippen LogP contribution in [-0.4, -0.2) is 9.13 Å². The highest BCUT2D eigenvalue weighted by molar-refractivity contribution is 6.12. The molecule has 4 heteroatoms. The van der Waals surface area contributed by atoms with Crippen molar-refractivity contribution in [2.45, 2.75) is 45.7 Å². The van der Waals surface area contributed by atoms with E-state index >= 15 is 0 Å². The van der Waals surface area contributed by atoms with Crippen molar-refractivity contribution in [2.75, 3.05) is 0 Å². The summed E-state index contributed by atoms with van der Waals surface area (Å²) in [5.41, 5.74) is 14.6. The lowest BCUT2D eigenvalue weighted by Crippen LogP contribution is -2.02. The molecule has 264 valence electrons. The molecule has 2 aromatic heterocycles. The van der Waals surface area contributed by atoms with Crippen molar-refractivity contribution in [2.24, 2.45) is 0 Å². The molecule has 0 atom stereocenters. The van der Waals surface area contributed by atoms with Crippen molar-refractivity contribution in [3.63, 3.8) is 0 Å². The van der Waals surface area contributed by atoms with Gasteiger partial charge in [-0.25, -0.2) is 0 Å². The molecule has 7 heterocycles. The average Bonchev–Trinajstić information content (AvgIpc) is 3.71. The van der Waals surface area contributed by atoms with Crippen LogP contribution in [0.5, 0.6) is 0 Å². The van der Waals surface area contributed by atoms with Crippen LogP contribution in [0.4, 0.5) is 0 Å². The van der Waals surface area contributed by atoms with E-state index in [1.807, 2.05) is 0 Å². The van der Waals surface area contributed by atoms with E-state index in [1.165, 1.54) is 87.7 Å². The van der Waals surface area contributed by atoms with Gasteiger partial charge in [-0.05, 0) is 99.8 Å². The third kappa shape index (κ3) is 4.85. The minimum atomic E-state index is 0.521. The number of ether oxygens (including phenoxy) is 2. The maximum atomic E-state index is 6.57.